The molecule has 1 saturated heterocycles. The van der Waals surface area contributed by atoms with E-state index in [1.165, 1.54) is 19.3 Å². The predicted molar refractivity (Wildman–Crippen MR) is 81.5 cm³/mol. The highest BCUT2D eigenvalue weighted by molar-refractivity contribution is 5.39. The van der Waals surface area contributed by atoms with Gasteiger partial charge >= 0.3 is 0 Å². The van der Waals surface area contributed by atoms with E-state index in [1.54, 1.807) is 0 Å². The Kier molecular flexibility index (Phi) is 4.81. The number of nitrogens with one attached hydrogen (secondary N) is 1. The van der Waals surface area contributed by atoms with Crippen molar-refractivity contribution in [3.8, 4) is 0 Å². The average Bonchev–Trinajstić information content (AvgIpc) is 2.58. The summed E-state index contributed by atoms with van der Waals surface area (Å²) >= 11 is 0. The second-order valence-electron chi connectivity index (χ2n) is 6.27. The van der Waals surface area contributed by atoms with E-state index in [9.17, 15) is 0 Å². The SMILES string of the molecule is CCNCc1cccc(N2CCCC(C)(C)CC2)n1. The van der Waals surface area contributed by atoms with Gasteiger partial charge < -0.3 is 10.2 Å². The number of hydrogen-bond acceptors (Lipinski definition) is 3. The second-order valence-corrected chi connectivity index (χ2v) is 6.27. The van der Waals surface area contributed by atoms with Gasteiger partial charge in [-0.05, 0) is 43.4 Å². The maximum atomic E-state index is 4.79. The van der Waals surface area contributed by atoms with Crippen molar-refractivity contribution < 1.29 is 0 Å². The van der Waals surface area contributed by atoms with Crippen molar-refractivity contribution in [3.63, 3.8) is 0 Å². The molecule has 1 aliphatic rings. The first-order valence-electron chi connectivity index (χ1n) is 7.52. The van der Waals surface area contributed by atoms with Crippen LogP contribution in [0.4, 0.5) is 5.82 Å². The molecule has 0 saturated carbocycles. The fourth-order valence-electron chi connectivity index (χ4n) is 2.65. The highest BCUT2D eigenvalue weighted by atomic mass is 15.2. The Morgan fingerprint density at radius 3 is 2.89 bits per heavy atom. The zero-order chi connectivity index (χ0) is 13.7. The third-order valence-corrected chi connectivity index (χ3v) is 4.01. The Hall–Kier alpha value is -1.09. The minimum atomic E-state index is 0.482. The second kappa shape index (κ2) is 6.38. The number of pyridine rings is 1. The van der Waals surface area contributed by atoms with Gasteiger partial charge in [-0.2, -0.15) is 0 Å². The molecule has 1 aromatic rings. The lowest BCUT2D eigenvalue weighted by Gasteiger charge is -2.24. The first kappa shape index (κ1) is 14.3. The van der Waals surface area contributed by atoms with E-state index >= 15 is 0 Å². The van der Waals surface area contributed by atoms with Crippen LogP contribution in [0.25, 0.3) is 0 Å². The van der Waals surface area contributed by atoms with Crippen LogP contribution >= 0.6 is 0 Å². The Bertz CT molecular complexity index is 401. The van der Waals surface area contributed by atoms with Crippen LogP contribution in [0.2, 0.25) is 0 Å². The fraction of sp³-hybridized carbons (Fsp3) is 0.688. The molecule has 2 rings (SSSR count). The molecule has 0 unspecified atom stereocenters. The quantitative estimate of drug-likeness (QED) is 0.902. The number of nitrogens with zero attached hydrogens (tertiary/aromatic N) is 2. The van der Waals surface area contributed by atoms with Gasteiger partial charge in [0, 0.05) is 19.6 Å². The average molecular weight is 261 g/mol. The van der Waals surface area contributed by atoms with Gasteiger partial charge in [0.1, 0.15) is 5.82 Å². The molecular formula is C16H27N3. The Morgan fingerprint density at radius 1 is 1.26 bits per heavy atom. The van der Waals surface area contributed by atoms with Gasteiger partial charge in [0.15, 0.2) is 0 Å². The smallest absolute Gasteiger partial charge is 0.128 e. The molecule has 1 N–H and O–H groups in total. The molecule has 3 heteroatoms. The van der Waals surface area contributed by atoms with Gasteiger partial charge in [-0.15, -0.1) is 0 Å². The molecule has 0 atom stereocenters. The molecule has 1 fully saturated rings. The summed E-state index contributed by atoms with van der Waals surface area (Å²) in [6.07, 6.45) is 3.85. The fourth-order valence-corrected chi connectivity index (χ4v) is 2.65. The van der Waals surface area contributed by atoms with E-state index in [-0.39, 0.29) is 0 Å². The van der Waals surface area contributed by atoms with Crippen LogP contribution in [-0.2, 0) is 6.54 Å². The third kappa shape index (κ3) is 4.20. The summed E-state index contributed by atoms with van der Waals surface area (Å²) in [7, 11) is 0. The first-order valence-corrected chi connectivity index (χ1v) is 7.52. The number of hydrogen-bond donors (Lipinski definition) is 1. The van der Waals surface area contributed by atoms with Crippen LogP contribution < -0.4 is 10.2 Å². The van der Waals surface area contributed by atoms with Gasteiger partial charge in [0.2, 0.25) is 0 Å². The highest BCUT2D eigenvalue weighted by Crippen LogP contribution is 2.31. The Labute approximate surface area is 117 Å². The molecule has 0 amide bonds. The van der Waals surface area contributed by atoms with Crippen molar-refractivity contribution in [2.75, 3.05) is 24.5 Å². The van der Waals surface area contributed by atoms with Crippen molar-refractivity contribution in [1.29, 1.82) is 0 Å². The summed E-state index contributed by atoms with van der Waals surface area (Å²) in [6, 6.07) is 6.38. The minimum Gasteiger partial charge on any atom is -0.357 e. The number of rotatable bonds is 4. The molecule has 0 aliphatic carbocycles. The van der Waals surface area contributed by atoms with Gasteiger partial charge in [-0.3, -0.25) is 0 Å². The van der Waals surface area contributed by atoms with Crippen molar-refractivity contribution in [2.24, 2.45) is 5.41 Å². The monoisotopic (exact) mass is 261 g/mol. The third-order valence-electron chi connectivity index (χ3n) is 4.01. The predicted octanol–water partition coefficient (Wildman–Crippen LogP) is 3.21. The maximum absolute atomic E-state index is 4.79. The van der Waals surface area contributed by atoms with Crippen LogP contribution in [0.5, 0.6) is 0 Å². The van der Waals surface area contributed by atoms with Crippen molar-refractivity contribution in [2.45, 2.75) is 46.6 Å². The van der Waals surface area contributed by atoms with Crippen molar-refractivity contribution >= 4 is 5.82 Å². The lowest BCUT2D eigenvalue weighted by molar-refractivity contribution is 0.325. The van der Waals surface area contributed by atoms with E-state index in [2.05, 4.69) is 49.2 Å². The molecule has 3 nitrogen and oxygen atoms in total. The number of anilines is 1. The summed E-state index contributed by atoms with van der Waals surface area (Å²) in [5.41, 5.74) is 1.62. The summed E-state index contributed by atoms with van der Waals surface area (Å²) in [4.78, 5) is 7.24. The van der Waals surface area contributed by atoms with E-state index in [4.69, 9.17) is 4.98 Å². The van der Waals surface area contributed by atoms with Crippen LogP contribution in [0.15, 0.2) is 18.2 Å². The molecule has 1 aromatic heterocycles. The lowest BCUT2D eigenvalue weighted by atomic mass is 9.85. The lowest BCUT2D eigenvalue weighted by Crippen LogP contribution is -2.26. The molecule has 0 bridgehead atoms. The Morgan fingerprint density at radius 2 is 2.11 bits per heavy atom. The van der Waals surface area contributed by atoms with E-state index < -0.39 is 0 Å². The van der Waals surface area contributed by atoms with Crippen LogP contribution in [-0.4, -0.2) is 24.6 Å². The first-order chi connectivity index (χ1) is 9.11. The molecule has 0 spiro atoms. The van der Waals surface area contributed by atoms with Gasteiger partial charge in [0.25, 0.3) is 0 Å². The molecule has 106 valence electrons. The summed E-state index contributed by atoms with van der Waals surface area (Å²) in [5, 5.41) is 3.34. The summed E-state index contributed by atoms with van der Waals surface area (Å²) in [6.45, 7) is 11.0. The maximum Gasteiger partial charge on any atom is 0.128 e. The molecule has 0 aromatic carbocycles. The molecule has 1 aliphatic heterocycles. The topological polar surface area (TPSA) is 28.2 Å². The molecule has 2 heterocycles. The zero-order valence-electron chi connectivity index (χ0n) is 12.6. The standard InChI is InChI=1S/C16H27N3/c1-4-17-13-14-7-5-8-15(18-14)19-11-6-9-16(2,3)10-12-19/h5,7-8,17H,4,6,9-13H2,1-3H3. The highest BCUT2D eigenvalue weighted by Gasteiger charge is 2.23. The van der Waals surface area contributed by atoms with Gasteiger partial charge in [-0.25, -0.2) is 4.98 Å². The molecule has 0 radical (unpaired) electrons. The van der Waals surface area contributed by atoms with Crippen LogP contribution in [0.1, 0.15) is 45.7 Å². The Balaban J connectivity index is 2.04. The van der Waals surface area contributed by atoms with Crippen LogP contribution in [0, 0.1) is 5.41 Å². The molecular weight excluding hydrogens is 234 g/mol. The molecule has 19 heavy (non-hydrogen) atoms. The number of aromatic nitrogens is 1. The van der Waals surface area contributed by atoms with Gasteiger partial charge in [-0.1, -0.05) is 26.8 Å². The summed E-state index contributed by atoms with van der Waals surface area (Å²) in [5.74, 6) is 1.15. The van der Waals surface area contributed by atoms with Crippen LogP contribution in [0.3, 0.4) is 0 Å². The largest absolute Gasteiger partial charge is 0.357 e. The minimum absolute atomic E-state index is 0.482. The normalized spacial score (nSPS) is 19.2. The van der Waals surface area contributed by atoms with Crippen molar-refractivity contribution in [3.05, 3.63) is 23.9 Å². The van der Waals surface area contributed by atoms with E-state index in [1.807, 2.05) is 0 Å². The van der Waals surface area contributed by atoms with Crippen molar-refractivity contribution in [1.82, 2.24) is 10.3 Å². The van der Waals surface area contributed by atoms with E-state index in [0.717, 1.165) is 37.7 Å². The van der Waals surface area contributed by atoms with Gasteiger partial charge in [0.05, 0.1) is 5.69 Å². The summed E-state index contributed by atoms with van der Waals surface area (Å²) < 4.78 is 0. The van der Waals surface area contributed by atoms with E-state index in [0.29, 0.717) is 5.41 Å². The zero-order valence-corrected chi connectivity index (χ0v) is 12.6.